The lowest BCUT2D eigenvalue weighted by atomic mass is 10.2. The molecule has 20 heavy (non-hydrogen) atoms. The molecular weight excluding hydrogens is 357 g/mol. The van der Waals surface area contributed by atoms with Crippen molar-refractivity contribution in [3.8, 4) is 5.69 Å². The summed E-state index contributed by atoms with van der Waals surface area (Å²) in [6, 6.07) is 1.55. The lowest BCUT2D eigenvalue weighted by Gasteiger charge is -2.10. The highest BCUT2D eigenvalue weighted by Gasteiger charge is 2.18. The minimum atomic E-state index is -1.03. The van der Waals surface area contributed by atoms with Gasteiger partial charge in [-0.25, -0.2) is 18.1 Å². The fourth-order valence-electron chi connectivity index (χ4n) is 1.80. The molecule has 0 amide bonds. The highest BCUT2D eigenvalue weighted by Crippen LogP contribution is 2.24. The molecule has 1 aromatic carbocycles. The van der Waals surface area contributed by atoms with Gasteiger partial charge >= 0.3 is 5.69 Å². The van der Waals surface area contributed by atoms with Crippen LogP contribution in [-0.4, -0.2) is 9.55 Å². The number of rotatable bonds is 2. The van der Waals surface area contributed by atoms with Crippen LogP contribution in [0, 0.1) is 11.6 Å². The predicted octanol–water partition coefficient (Wildman–Crippen LogP) is 2.78. The zero-order chi connectivity index (χ0) is 15.0. The minimum absolute atomic E-state index is 0.0491. The first-order valence-corrected chi connectivity index (χ1v) is 6.72. The Morgan fingerprint density at radius 2 is 2.00 bits per heavy atom. The number of aromatic nitrogens is 2. The van der Waals surface area contributed by atoms with Crippen LogP contribution in [0.2, 0.25) is 5.15 Å². The summed E-state index contributed by atoms with van der Waals surface area (Å²) in [6.45, 7) is 1.67. The van der Waals surface area contributed by atoms with Gasteiger partial charge in [0.25, 0.3) is 5.56 Å². The van der Waals surface area contributed by atoms with Gasteiger partial charge in [-0.2, -0.15) is 0 Å². The van der Waals surface area contributed by atoms with Crippen molar-refractivity contribution in [3.63, 3.8) is 0 Å². The van der Waals surface area contributed by atoms with Gasteiger partial charge in [-0.3, -0.25) is 9.78 Å². The molecule has 4 nitrogen and oxygen atoms in total. The van der Waals surface area contributed by atoms with E-state index >= 15 is 0 Å². The molecule has 0 radical (unpaired) electrons. The molecular formula is C12H8BrClF2N2O2. The van der Waals surface area contributed by atoms with Crippen LogP contribution < -0.4 is 11.2 Å². The van der Waals surface area contributed by atoms with E-state index in [1.165, 1.54) is 0 Å². The van der Waals surface area contributed by atoms with Crippen molar-refractivity contribution in [2.24, 2.45) is 0 Å². The van der Waals surface area contributed by atoms with Crippen molar-refractivity contribution in [1.29, 1.82) is 0 Å². The molecule has 0 aliphatic heterocycles. The molecule has 0 saturated carbocycles. The van der Waals surface area contributed by atoms with E-state index in [0.29, 0.717) is 10.6 Å². The molecule has 1 N–H and O–H groups in total. The number of nitrogens with zero attached hydrogens (tertiary/aromatic N) is 1. The molecule has 2 rings (SSSR count). The molecule has 0 atom stereocenters. The molecule has 8 heteroatoms. The van der Waals surface area contributed by atoms with Gasteiger partial charge in [-0.05, 0) is 28.4 Å². The first-order chi connectivity index (χ1) is 9.36. The number of benzene rings is 1. The normalized spacial score (nSPS) is 10.8. The van der Waals surface area contributed by atoms with Crippen LogP contribution in [0.25, 0.3) is 5.69 Å². The number of halogens is 4. The number of hydrogen-bond acceptors (Lipinski definition) is 2. The lowest BCUT2D eigenvalue weighted by molar-refractivity contribution is 0.572. The third-order valence-corrected chi connectivity index (χ3v) is 3.63. The third-order valence-electron chi connectivity index (χ3n) is 2.70. The first kappa shape index (κ1) is 14.9. The Kier molecular flexibility index (Phi) is 4.10. The average molecular weight is 366 g/mol. The van der Waals surface area contributed by atoms with Crippen molar-refractivity contribution in [3.05, 3.63) is 59.8 Å². The van der Waals surface area contributed by atoms with E-state index in [0.717, 1.165) is 6.07 Å². The SMILES string of the molecule is CCc1c(Cl)[nH]c(=O)n(-c2c(F)cc(F)cc2Br)c1=O. The largest absolute Gasteiger partial charge is 0.334 e. The van der Waals surface area contributed by atoms with Crippen LogP contribution in [0.15, 0.2) is 26.2 Å². The van der Waals surface area contributed by atoms with Crippen LogP contribution in [-0.2, 0) is 6.42 Å². The topological polar surface area (TPSA) is 54.9 Å². The molecule has 0 aliphatic carbocycles. The van der Waals surface area contributed by atoms with E-state index in [4.69, 9.17) is 11.6 Å². The molecule has 0 bridgehead atoms. The monoisotopic (exact) mass is 364 g/mol. The summed E-state index contributed by atoms with van der Waals surface area (Å²) in [4.78, 5) is 26.3. The zero-order valence-corrected chi connectivity index (χ0v) is 12.5. The Morgan fingerprint density at radius 3 is 2.55 bits per heavy atom. The van der Waals surface area contributed by atoms with Crippen molar-refractivity contribution in [1.82, 2.24) is 9.55 Å². The predicted molar refractivity (Wildman–Crippen MR) is 74.7 cm³/mol. The van der Waals surface area contributed by atoms with Gasteiger partial charge in [0.15, 0.2) is 5.82 Å². The van der Waals surface area contributed by atoms with Crippen LogP contribution in [0.4, 0.5) is 8.78 Å². The van der Waals surface area contributed by atoms with E-state index in [9.17, 15) is 18.4 Å². The summed E-state index contributed by atoms with van der Waals surface area (Å²) in [7, 11) is 0. The van der Waals surface area contributed by atoms with Crippen molar-refractivity contribution in [2.75, 3.05) is 0 Å². The van der Waals surface area contributed by atoms with Gasteiger partial charge in [0.05, 0.1) is 5.56 Å². The summed E-state index contributed by atoms with van der Waals surface area (Å²) >= 11 is 8.71. The molecule has 0 fully saturated rings. The van der Waals surface area contributed by atoms with Gasteiger partial charge in [-0.15, -0.1) is 0 Å². The Hall–Kier alpha value is -1.47. The van der Waals surface area contributed by atoms with E-state index in [1.807, 2.05) is 0 Å². The molecule has 1 heterocycles. The quantitative estimate of drug-likeness (QED) is 0.832. The smallest absolute Gasteiger partial charge is 0.297 e. The maximum absolute atomic E-state index is 13.9. The summed E-state index contributed by atoms with van der Waals surface area (Å²) in [5.74, 6) is -1.86. The second-order valence-electron chi connectivity index (χ2n) is 3.93. The molecule has 2 aromatic rings. The highest BCUT2D eigenvalue weighted by molar-refractivity contribution is 9.10. The minimum Gasteiger partial charge on any atom is -0.297 e. The van der Waals surface area contributed by atoms with Gasteiger partial charge < -0.3 is 0 Å². The Bertz CT molecular complexity index is 778. The lowest BCUT2D eigenvalue weighted by Crippen LogP contribution is -2.36. The fourth-order valence-corrected chi connectivity index (χ4v) is 2.68. The Morgan fingerprint density at radius 1 is 1.35 bits per heavy atom. The molecule has 0 saturated heterocycles. The van der Waals surface area contributed by atoms with Crippen LogP contribution in [0.5, 0.6) is 0 Å². The number of hydrogen-bond donors (Lipinski definition) is 1. The first-order valence-electron chi connectivity index (χ1n) is 5.55. The number of H-pyrrole nitrogens is 1. The Balaban J connectivity index is 2.91. The molecule has 1 aromatic heterocycles. The zero-order valence-electron chi connectivity index (χ0n) is 10.1. The molecule has 0 unspecified atom stereocenters. The van der Waals surface area contributed by atoms with Crippen molar-refractivity contribution >= 4 is 27.5 Å². The van der Waals surface area contributed by atoms with E-state index < -0.39 is 22.9 Å². The summed E-state index contributed by atoms with van der Waals surface area (Å²) in [5.41, 5.74) is -1.86. The third kappa shape index (κ3) is 2.43. The Labute approximate surface area is 125 Å². The van der Waals surface area contributed by atoms with Gasteiger partial charge in [0.1, 0.15) is 16.7 Å². The van der Waals surface area contributed by atoms with E-state index in [1.54, 1.807) is 6.92 Å². The fraction of sp³-hybridized carbons (Fsp3) is 0.167. The second kappa shape index (κ2) is 5.49. The second-order valence-corrected chi connectivity index (χ2v) is 5.17. The van der Waals surface area contributed by atoms with E-state index in [2.05, 4.69) is 20.9 Å². The van der Waals surface area contributed by atoms with E-state index in [-0.39, 0.29) is 27.3 Å². The summed E-state index contributed by atoms with van der Waals surface area (Å²) < 4.78 is 27.5. The maximum atomic E-state index is 13.9. The molecule has 106 valence electrons. The average Bonchev–Trinajstić information content (AvgIpc) is 2.32. The van der Waals surface area contributed by atoms with Crippen LogP contribution in [0.1, 0.15) is 12.5 Å². The van der Waals surface area contributed by atoms with Gasteiger partial charge in [0.2, 0.25) is 0 Å². The van der Waals surface area contributed by atoms with Gasteiger partial charge in [0, 0.05) is 10.5 Å². The van der Waals surface area contributed by atoms with Gasteiger partial charge in [-0.1, -0.05) is 18.5 Å². The standard InChI is InChI=1S/C12H8BrClF2N2O2/c1-2-6-10(14)17-12(20)18(11(6)19)9-7(13)3-5(15)4-8(9)16/h3-4H,2H2,1H3,(H,17,20). The maximum Gasteiger partial charge on any atom is 0.334 e. The molecule has 0 aliphatic rings. The molecule has 0 spiro atoms. The van der Waals surface area contributed by atoms with Crippen LogP contribution in [0.3, 0.4) is 0 Å². The summed E-state index contributed by atoms with van der Waals surface area (Å²) in [6.07, 6.45) is 0.259. The highest BCUT2D eigenvalue weighted by atomic mass is 79.9. The number of aromatic amines is 1. The van der Waals surface area contributed by atoms with Crippen molar-refractivity contribution < 1.29 is 8.78 Å². The van der Waals surface area contributed by atoms with Crippen molar-refractivity contribution in [2.45, 2.75) is 13.3 Å². The van der Waals surface area contributed by atoms with Crippen LogP contribution >= 0.6 is 27.5 Å². The summed E-state index contributed by atoms with van der Waals surface area (Å²) in [5, 5.41) is -0.0857. The number of nitrogens with one attached hydrogen (secondary N) is 1.